The highest BCUT2D eigenvalue weighted by molar-refractivity contribution is 5.94. The molecule has 126 valence electrons. The summed E-state index contributed by atoms with van der Waals surface area (Å²) in [6.07, 6.45) is 3.20. The molecule has 1 fully saturated rings. The van der Waals surface area contributed by atoms with Crippen LogP contribution < -0.4 is 5.32 Å². The van der Waals surface area contributed by atoms with Gasteiger partial charge in [-0.25, -0.2) is 0 Å². The molecule has 5 nitrogen and oxygen atoms in total. The Morgan fingerprint density at radius 3 is 2.92 bits per heavy atom. The minimum absolute atomic E-state index is 0.0486. The van der Waals surface area contributed by atoms with Crippen LogP contribution in [0.3, 0.4) is 0 Å². The lowest BCUT2D eigenvalue weighted by atomic mass is 10.0. The first-order valence-corrected chi connectivity index (χ1v) is 8.25. The molecule has 1 amide bonds. The lowest BCUT2D eigenvalue weighted by Gasteiger charge is -2.18. The van der Waals surface area contributed by atoms with E-state index in [4.69, 9.17) is 0 Å². The quantitative estimate of drug-likeness (QED) is 0.877. The zero-order chi connectivity index (χ0) is 16.9. The number of rotatable bonds is 5. The standard InChI is InChI=1S/C19H23N3O2/c1-14-4-2-5-15(8-14)10-22-11-17(13-23)18(12-22)21-19(24)16-6-3-7-20-9-16/h2-9,17-18,23H,10-13H2,1H3,(H,21,24)/t17-,18+/m0/s1. The van der Waals surface area contributed by atoms with E-state index in [1.807, 2.05) is 0 Å². The van der Waals surface area contributed by atoms with E-state index >= 15 is 0 Å². The van der Waals surface area contributed by atoms with Crippen molar-refractivity contribution in [1.82, 2.24) is 15.2 Å². The molecule has 5 heteroatoms. The van der Waals surface area contributed by atoms with Crippen molar-refractivity contribution in [1.29, 1.82) is 0 Å². The molecule has 0 bridgehead atoms. The van der Waals surface area contributed by atoms with Crippen LogP contribution in [0.2, 0.25) is 0 Å². The maximum atomic E-state index is 12.3. The van der Waals surface area contributed by atoms with Gasteiger partial charge >= 0.3 is 0 Å². The summed E-state index contributed by atoms with van der Waals surface area (Å²) in [4.78, 5) is 18.6. The topological polar surface area (TPSA) is 65.5 Å². The number of aryl methyl sites for hydroxylation is 1. The van der Waals surface area contributed by atoms with Gasteiger partial charge in [-0.3, -0.25) is 14.7 Å². The van der Waals surface area contributed by atoms with Crippen molar-refractivity contribution in [2.24, 2.45) is 5.92 Å². The Morgan fingerprint density at radius 2 is 2.21 bits per heavy atom. The number of aromatic nitrogens is 1. The summed E-state index contributed by atoms with van der Waals surface area (Å²) in [5, 5.41) is 12.7. The third-order valence-electron chi connectivity index (χ3n) is 4.48. The van der Waals surface area contributed by atoms with Crippen LogP contribution in [0.15, 0.2) is 48.8 Å². The van der Waals surface area contributed by atoms with Crippen LogP contribution in [0.4, 0.5) is 0 Å². The Labute approximate surface area is 142 Å². The van der Waals surface area contributed by atoms with Crippen molar-refractivity contribution < 1.29 is 9.90 Å². The summed E-state index contributed by atoms with van der Waals surface area (Å²) in [7, 11) is 0. The van der Waals surface area contributed by atoms with Gasteiger partial charge in [0.1, 0.15) is 0 Å². The molecule has 1 saturated heterocycles. The first-order valence-electron chi connectivity index (χ1n) is 8.25. The average molecular weight is 325 g/mol. The third-order valence-corrected chi connectivity index (χ3v) is 4.48. The zero-order valence-electron chi connectivity index (χ0n) is 13.9. The largest absolute Gasteiger partial charge is 0.396 e. The van der Waals surface area contributed by atoms with Crippen LogP contribution in [-0.2, 0) is 6.54 Å². The van der Waals surface area contributed by atoms with Crippen molar-refractivity contribution in [3.05, 3.63) is 65.5 Å². The van der Waals surface area contributed by atoms with Crippen LogP contribution in [0.1, 0.15) is 21.5 Å². The maximum absolute atomic E-state index is 12.3. The van der Waals surface area contributed by atoms with Gasteiger partial charge in [-0.2, -0.15) is 0 Å². The highest BCUT2D eigenvalue weighted by atomic mass is 16.3. The number of benzene rings is 1. The number of carbonyl (C=O) groups is 1. The van der Waals surface area contributed by atoms with Gasteiger partial charge in [-0.15, -0.1) is 0 Å². The molecule has 2 N–H and O–H groups in total. The van der Waals surface area contributed by atoms with E-state index in [1.54, 1.807) is 24.5 Å². The summed E-state index contributed by atoms with van der Waals surface area (Å²) >= 11 is 0. The molecule has 2 aromatic rings. The van der Waals surface area contributed by atoms with Gasteiger partial charge in [0.2, 0.25) is 0 Å². The van der Waals surface area contributed by atoms with Gasteiger partial charge < -0.3 is 10.4 Å². The third kappa shape index (κ3) is 3.99. The molecule has 2 heterocycles. The van der Waals surface area contributed by atoms with E-state index in [0.29, 0.717) is 5.56 Å². The fourth-order valence-corrected chi connectivity index (χ4v) is 3.26. The normalized spacial score (nSPS) is 20.9. The molecule has 1 aliphatic rings. The molecule has 1 aromatic carbocycles. The number of nitrogens with zero attached hydrogens (tertiary/aromatic N) is 2. The maximum Gasteiger partial charge on any atom is 0.253 e. The fraction of sp³-hybridized carbons (Fsp3) is 0.368. The second-order valence-corrected chi connectivity index (χ2v) is 6.45. The highest BCUT2D eigenvalue weighted by Gasteiger charge is 2.33. The zero-order valence-corrected chi connectivity index (χ0v) is 13.9. The Bertz CT molecular complexity index is 690. The van der Waals surface area contributed by atoms with E-state index in [1.165, 1.54) is 11.1 Å². The Balaban J connectivity index is 1.63. The number of aliphatic hydroxyl groups excluding tert-OH is 1. The van der Waals surface area contributed by atoms with Crippen molar-refractivity contribution in [3.63, 3.8) is 0 Å². The Hall–Kier alpha value is -2.24. The molecule has 2 atom stereocenters. The molecule has 0 unspecified atom stereocenters. The second kappa shape index (κ2) is 7.55. The number of aliphatic hydroxyl groups is 1. The predicted octanol–water partition coefficient (Wildman–Crippen LogP) is 1.61. The second-order valence-electron chi connectivity index (χ2n) is 6.45. The Morgan fingerprint density at radius 1 is 1.33 bits per heavy atom. The van der Waals surface area contributed by atoms with Crippen LogP contribution in [0, 0.1) is 12.8 Å². The van der Waals surface area contributed by atoms with Crippen LogP contribution in [0.5, 0.6) is 0 Å². The minimum Gasteiger partial charge on any atom is -0.396 e. The molecule has 24 heavy (non-hydrogen) atoms. The van der Waals surface area contributed by atoms with Crippen LogP contribution in [0.25, 0.3) is 0 Å². The van der Waals surface area contributed by atoms with Crippen molar-refractivity contribution in [3.8, 4) is 0 Å². The highest BCUT2D eigenvalue weighted by Crippen LogP contribution is 2.20. The minimum atomic E-state index is -0.135. The Kier molecular flexibility index (Phi) is 5.23. The van der Waals surface area contributed by atoms with Gasteiger partial charge in [0.25, 0.3) is 5.91 Å². The van der Waals surface area contributed by atoms with E-state index in [0.717, 1.165) is 19.6 Å². The summed E-state index contributed by atoms with van der Waals surface area (Å²) < 4.78 is 0. The first-order chi connectivity index (χ1) is 11.7. The van der Waals surface area contributed by atoms with Crippen LogP contribution in [-0.4, -0.2) is 46.6 Å². The fourth-order valence-electron chi connectivity index (χ4n) is 3.26. The molecule has 1 aliphatic heterocycles. The smallest absolute Gasteiger partial charge is 0.253 e. The summed E-state index contributed by atoms with van der Waals surface area (Å²) in [6, 6.07) is 11.9. The molecule has 0 spiro atoms. The number of likely N-dealkylation sites (tertiary alicyclic amines) is 1. The molecular weight excluding hydrogens is 302 g/mol. The van der Waals surface area contributed by atoms with E-state index in [2.05, 4.69) is 46.4 Å². The van der Waals surface area contributed by atoms with Gasteiger partial charge in [0.15, 0.2) is 0 Å². The summed E-state index contributed by atoms with van der Waals surface area (Å²) in [5.74, 6) is -0.0839. The number of amides is 1. The van der Waals surface area contributed by atoms with Gasteiger partial charge in [-0.1, -0.05) is 29.8 Å². The van der Waals surface area contributed by atoms with Gasteiger partial charge in [-0.05, 0) is 24.6 Å². The van der Waals surface area contributed by atoms with E-state index in [-0.39, 0.29) is 24.5 Å². The molecular formula is C19H23N3O2. The van der Waals surface area contributed by atoms with E-state index < -0.39 is 0 Å². The molecule has 0 radical (unpaired) electrons. The molecule has 0 aliphatic carbocycles. The lowest BCUT2D eigenvalue weighted by molar-refractivity contribution is 0.0920. The SMILES string of the molecule is Cc1cccc(CN2C[C@@H](CO)[C@H](NC(=O)c3cccnc3)C2)c1. The predicted molar refractivity (Wildman–Crippen MR) is 92.5 cm³/mol. The van der Waals surface area contributed by atoms with Gasteiger partial charge in [0.05, 0.1) is 5.56 Å². The first kappa shape index (κ1) is 16.6. The molecule has 0 saturated carbocycles. The van der Waals surface area contributed by atoms with Crippen molar-refractivity contribution in [2.75, 3.05) is 19.7 Å². The number of hydrogen-bond acceptors (Lipinski definition) is 4. The summed E-state index contributed by atoms with van der Waals surface area (Å²) in [5.41, 5.74) is 3.05. The molecule has 3 rings (SSSR count). The number of carbonyl (C=O) groups excluding carboxylic acids is 1. The van der Waals surface area contributed by atoms with E-state index in [9.17, 15) is 9.90 Å². The van der Waals surface area contributed by atoms with Crippen molar-refractivity contribution >= 4 is 5.91 Å². The van der Waals surface area contributed by atoms with Gasteiger partial charge in [0, 0.05) is 50.6 Å². The van der Waals surface area contributed by atoms with Crippen LogP contribution >= 0.6 is 0 Å². The van der Waals surface area contributed by atoms with Crippen molar-refractivity contribution in [2.45, 2.75) is 19.5 Å². The number of hydrogen-bond donors (Lipinski definition) is 2. The monoisotopic (exact) mass is 325 g/mol. The number of pyridine rings is 1. The molecule has 1 aromatic heterocycles. The summed E-state index contributed by atoms with van der Waals surface area (Å²) in [6.45, 7) is 4.51. The number of nitrogens with one attached hydrogen (secondary N) is 1. The average Bonchev–Trinajstić information content (AvgIpc) is 2.97. The lowest BCUT2D eigenvalue weighted by Crippen LogP contribution is -2.41.